The minimum Gasteiger partial charge on any atom is -0.311 e. The maximum absolute atomic E-state index is 5.09. The summed E-state index contributed by atoms with van der Waals surface area (Å²) >= 11 is 8.99. The summed E-state index contributed by atoms with van der Waals surface area (Å²) in [5.41, 5.74) is 19.5. The molecule has 0 N–H and O–H groups in total. The number of fused-ring (bicyclic) bond motifs is 1. The van der Waals surface area contributed by atoms with Crippen molar-refractivity contribution in [1.82, 2.24) is 8.75 Å². The third-order valence-corrected chi connectivity index (χ3v) is 18.9. The van der Waals surface area contributed by atoms with Crippen LogP contribution in [-0.2, 0) is 0 Å². The fourth-order valence-electron chi connectivity index (χ4n) is 9.85. The average molecular weight is 1070 g/mol. The zero-order valence-corrected chi connectivity index (χ0v) is 46.1. The number of anilines is 6. The summed E-state index contributed by atoms with van der Waals surface area (Å²) in [4.78, 5) is 9.48. The highest BCUT2D eigenvalue weighted by molar-refractivity contribution is 8.16. The minimum atomic E-state index is 0.249. The Hall–Kier alpha value is -7.50. The first-order valence-electron chi connectivity index (χ1n) is 25.5. The Morgan fingerprint density at radius 3 is 1.09 bits per heavy atom. The zero-order valence-electron chi connectivity index (χ0n) is 42.0. The lowest BCUT2D eigenvalue weighted by Crippen LogP contribution is -2.09. The van der Waals surface area contributed by atoms with Gasteiger partial charge in [-0.05, 0) is 154 Å². The highest BCUT2D eigenvalue weighted by Crippen LogP contribution is 2.51. The van der Waals surface area contributed by atoms with E-state index in [0.717, 1.165) is 62.2 Å². The number of thiophene rings is 2. The second-order valence-electron chi connectivity index (χ2n) is 18.2. The third-order valence-electron chi connectivity index (χ3n) is 13.5. The third kappa shape index (κ3) is 10.3. The summed E-state index contributed by atoms with van der Waals surface area (Å²) < 4.78 is 10.4. The minimum absolute atomic E-state index is 0.249. The molecule has 0 aliphatic carbocycles. The standard InChI is InChI=1S/C67H52N4S5/c1-3-72-67(73-4-2)59-45-58(62-43-41-60(74-62)50-29-25-46(26-30-50)48-33-37-56(38-34-48)70(52-17-9-5-10-18-52)53-19-11-6-12-20-53)65-66(69-76-68-65)64(59)63-44-42-61(75-63)51-31-27-47(28-32-51)49-35-39-57(40-36-49)71(54-21-13-7-14-22-54)55-23-15-8-16-24-55/h5-45,67H,3-4H2,1-2H3. The Balaban J connectivity index is 0.806. The second kappa shape index (κ2) is 22.8. The number of benzene rings is 9. The molecule has 3 aromatic heterocycles. The number of para-hydroxylation sites is 4. The summed E-state index contributed by atoms with van der Waals surface area (Å²) in [6.45, 7) is 4.53. The summed E-state index contributed by atoms with van der Waals surface area (Å²) in [5.74, 6) is 2.04. The van der Waals surface area contributed by atoms with Gasteiger partial charge in [-0.1, -0.05) is 159 Å². The molecule has 9 heteroatoms. The van der Waals surface area contributed by atoms with Crippen molar-refractivity contribution in [1.29, 1.82) is 0 Å². The van der Waals surface area contributed by atoms with E-state index in [1.807, 2.05) is 46.2 Å². The molecule has 3 heterocycles. The van der Waals surface area contributed by atoms with Gasteiger partial charge in [0.05, 0.1) is 16.3 Å². The summed E-state index contributed by atoms with van der Waals surface area (Å²) in [7, 11) is 0. The van der Waals surface area contributed by atoms with Crippen molar-refractivity contribution in [2.24, 2.45) is 0 Å². The summed E-state index contributed by atoms with van der Waals surface area (Å²) in [6, 6.07) is 89.6. The molecule has 0 fully saturated rings. The quantitative estimate of drug-likeness (QED) is 0.0845. The van der Waals surface area contributed by atoms with Crippen LogP contribution in [0.1, 0.15) is 24.0 Å². The van der Waals surface area contributed by atoms with E-state index in [4.69, 9.17) is 8.75 Å². The van der Waals surface area contributed by atoms with Gasteiger partial charge in [-0.15, -0.1) is 46.2 Å². The molecule has 370 valence electrons. The van der Waals surface area contributed by atoms with E-state index < -0.39 is 0 Å². The van der Waals surface area contributed by atoms with Gasteiger partial charge in [0.15, 0.2) is 0 Å². The molecule has 0 amide bonds. The van der Waals surface area contributed by atoms with Gasteiger partial charge in [0.25, 0.3) is 0 Å². The van der Waals surface area contributed by atoms with Crippen molar-refractivity contribution in [3.05, 3.63) is 254 Å². The number of rotatable bonds is 17. The number of hydrogen-bond acceptors (Lipinski definition) is 9. The Labute approximate surface area is 466 Å². The van der Waals surface area contributed by atoms with Crippen LogP contribution in [0, 0.1) is 0 Å². The maximum atomic E-state index is 5.09. The van der Waals surface area contributed by atoms with Gasteiger partial charge >= 0.3 is 0 Å². The van der Waals surface area contributed by atoms with Gasteiger partial charge in [-0.25, -0.2) is 0 Å². The highest BCUT2D eigenvalue weighted by atomic mass is 32.2. The van der Waals surface area contributed by atoms with Crippen LogP contribution in [0.3, 0.4) is 0 Å². The smallest absolute Gasteiger partial charge is 0.114 e. The van der Waals surface area contributed by atoms with Gasteiger partial charge < -0.3 is 9.80 Å². The predicted molar refractivity (Wildman–Crippen MR) is 334 cm³/mol. The molecule has 0 radical (unpaired) electrons. The van der Waals surface area contributed by atoms with E-state index in [0.29, 0.717) is 0 Å². The molecule has 0 aliphatic rings. The normalized spacial score (nSPS) is 11.4. The van der Waals surface area contributed by atoms with Crippen LogP contribution in [-0.4, -0.2) is 20.3 Å². The second-order valence-corrected chi connectivity index (χ2v) is 23.9. The summed E-state index contributed by atoms with van der Waals surface area (Å²) in [6.07, 6.45) is 0. The van der Waals surface area contributed by atoms with E-state index in [9.17, 15) is 0 Å². The van der Waals surface area contributed by atoms with Crippen molar-refractivity contribution in [2.75, 3.05) is 21.3 Å². The number of hydrogen-bond donors (Lipinski definition) is 0. The molecule has 0 atom stereocenters. The first-order chi connectivity index (χ1) is 37.6. The van der Waals surface area contributed by atoms with Crippen molar-refractivity contribution in [3.8, 4) is 64.0 Å². The molecular formula is C67H52N4S5. The largest absolute Gasteiger partial charge is 0.311 e. The van der Waals surface area contributed by atoms with Gasteiger partial charge in [0.1, 0.15) is 11.0 Å². The van der Waals surface area contributed by atoms with Gasteiger partial charge in [0.2, 0.25) is 0 Å². The zero-order chi connectivity index (χ0) is 51.2. The van der Waals surface area contributed by atoms with Crippen molar-refractivity contribution in [2.45, 2.75) is 18.4 Å². The number of nitrogens with zero attached hydrogens (tertiary/aromatic N) is 4. The molecule has 0 saturated heterocycles. The van der Waals surface area contributed by atoms with E-state index in [-0.39, 0.29) is 4.58 Å². The molecule has 0 bridgehead atoms. The molecule has 76 heavy (non-hydrogen) atoms. The lowest BCUT2D eigenvalue weighted by molar-refractivity contribution is 1.28. The fraction of sp³-hybridized carbons (Fsp3) is 0.0746. The van der Waals surface area contributed by atoms with Crippen LogP contribution < -0.4 is 9.80 Å². The van der Waals surface area contributed by atoms with Crippen LogP contribution in [0.15, 0.2) is 249 Å². The van der Waals surface area contributed by atoms with E-state index >= 15 is 0 Å². The monoisotopic (exact) mass is 1070 g/mol. The highest BCUT2D eigenvalue weighted by Gasteiger charge is 2.26. The van der Waals surface area contributed by atoms with Crippen LogP contribution in [0.2, 0.25) is 0 Å². The van der Waals surface area contributed by atoms with Crippen LogP contribution >= 0.6 is 57.9 Å². The summed E-state index contributed by atoms with van der Waals surface area (Å²) in [5, 5.41) is 0. The number of aromatic nitrogens is 2. The molecule has 12 aromatic rings. The molecule has 0 saturated carbocycles. The van der Waals surface area contributed by atoms with Crippen LogP contribution in [0.5, 0.6) is 0 Å². The Bertz CT molecular complexity index is 3740. The van der Waals surface area contributed by atoms with Crippen LogP contribution in [0.4, 0.5) is 34.1 Å². The van der Waals surface area contributed by atoms with E-state index in [1.54, 1.807) is 0 Å². The van der Waals surface area contributed by atoms with E-state index in [2.05, 4.69) is 272 Å². The van der Waals surface area contributed by atoms with Crippen LogP contribution in [0.25, 0.3) is 75.0 Å². The topological polar surface area (TPSA) is 32.3 Å². The van der Waals surface area contributed by atoms with Crippen molar-refractivity contribution >= 4 is 103 Å². The van der Waals surface area contributed by atoms with Gasteiger partial charge in [0, 0.05) is 64.8 Å². The molecule has 9 aromatic carbocycles. The first kappa shape index (κ1) is 49.4. The van der Waals surface area contributed by atoms with Gasteiger partial charge in [-0.3, -0.25) is 0 Å². The lowest BCUT2D eigenvalue weighted by Gasteiger charge is -2.25. The predicted octanol–water partition coefficient (Wildman–Crippen LogP) is 21.3. The molecule has 4 nitrogen and oxygen atoms in total. The first-order valence-corrected chi connectivity index (χ1v) is 30.0. The molecule has 0 spiro atoms. The van der Waals surface area contributed by atoms with Gasteiger partial charge in [-0.2, -0.15) is 8.75 Å². The molecule has 12 rings (SSSR count). The number of thioether (sulfide) groups is 2. The Morgan fingerprint density at radius 1 is 0.355 bits per heavy atom. The molecular weight excluding hydrogens is 1020 g/mol. The Kier molecular flexibility index (Phi) is 14.8. The SMILES string of the molecule is CCSC(SCC)c1cc(-c2ccc(-c3ccc(-c4ccc(N(c5ccccc5)c5ccccc5)cc4)cc3)s2)c2nsnc2c1-c1ccc(-c2ccc(-c3ccc(N(c4ccccc4)c4ccccc4)cc3)cc2)s1. The maximum Gasteiger partial charge on any atom is 0.114 e. The average Bonchev–Trinajstić information content (AvgIpc) is 4.33. The van der Waals surface area contributed by atoms with Crippen molar-refractivity contribution in [3.63, 3.8) is 0 Å². The molecule has 0 unspecified atom stereocenters. The Morgan fingerprint density at radius 2 is 0.684 bits per heavy atom. The lowest BCUT2D eigenvalue weighted by atomic mass is 9.99. The van der Waals surface area contributed by atoms with Crippen molar-refractivity contribution < 1.29 is 0 Å². The molecule has 0 aliphatic heterocycles. The fourth-order valence-corrected chi connectivity index (χ4v) is 15.1. The van der Waals surface area contributed by atoms with E-state index in [1.165, 1.54) is 75.7 Å².